The van der Waals surface area contributed by atoms with Gasteiger partial charge in [0.2, 0.25) is 5.91 Å². The van der Waals surface area contributed by atoms with Gasteiger partial charge in [-0.1, -0.05) is 39.8 Å². The van der Waals surface area contributed by atoms with Gasteiger partial charge >= 0.3 is 0 Å². The molecule has 0 aliphatic rings. The van der Waals surface area contributed by atoms with E-state index in [-0.39, 0.29) is 11.3 Å². The number of carbonyl (C=O) groups excluding carboxylic acids is 1. The van der Waals surface area contributed by atoms with Crippen molar-refractivity contribution in [1.29, 1.82) is 0 Å². The van der Waals surface area contributed by atoms with Crippen molar-refractivity contribution in [3.63, 3.8) is 0 Å². The summed E-state index contributed by atoms with van der Waals surface area (Å²) < 4.78 is 0. The molecule has 1 amide bonds. The largest absolute Gasteiger partial charge is 0.326 e. The fraction of sp³-hybridized carbons (Fsp3) is 0.500. The van der Waals surface area contributed by atoms with Gasteiger partial charge in [-0.15, -0.1) is 0 Å². The zero-order valence-corrected chi connectivity index (χ0v) is 11.1. The molecule has 2 N–H and O–H groups in total. The number of hydrogen-bond donors (Lipinski definition) is 2. The van der Waals surface area contributed by atoms with Crippen molar-refractivity contribution in [2.24, 2.45) is 5.41 Å². The zero-order valence-electron chi connectivity index (χ0n) is 11.1. The minimum Gasteiger partial charge on any atom is -0.326 e. The summed E-state index contributed by atoms with van der Waals surface area (Å²) in [6, 6.07) is 7.94. The van der Waals surface area contributed by atoms with Gasteiger partial charge in [-0.2, -0.15) is 0 Å². The first-order valence-corrected chi connectivity index (χ1v) is 6.04. The number of nitrogens with one attached hydrogen (secondary N) is 2. The van der Waals surface area contributed by atoms with Crippen LogP contribution in [0.5, 0.6) is 0 Å². The van der Waals surface area contributed by atoms with Crippen LogP contribution < -0.4 is 10.6 Å². The van der Waals surface area contributed by atoms with Crippen molar-refractivity contribution >= 4 is 11.6 Å². The molecule has 0 atom stereocenters. The number of rotatable bonds is 4. The average Bonchev–Trinajstić information content (AvgIpc) is 2.25. The normalized spacial score (nSPS) is 11.3. The first-order valence-electron chi connectivity index (χ1n) is 6.04. The predicted octanol–water partition coefficient (Wildman–Crippen LogP) is 2.78. The average molecular weight is 234 g/mol. The van der Waals surface area contributed by atoms with Gasteiger partial charge in [-0.3, -0.25) is 4.79 Å². The minimum absolute atomic E-state index is 0.0399. The Morgan fingerprint density at radius 1 is 1.29 bits per heavy atom. The van der Waals surface area contributed by atoms with Gasteiger partial charge in [0.25, 0.3) is 0 Å². The first-order chi connectivity index (χ1) is 7.93. The van der Waals surface area contributed by atoms with Crippen molar-refractivity contribution in [2.45, 2.75) is 34.2 Å². The third kappa shape index (κ3) is 4.57. The molecule has 3 heteroatoms. The molecule has 0 saturated carbocycles. The molecule has 0 aliphatic carbocycles. The highest BCUT2D eigenvalue weighted by atomic mass is 16.2. The van der Waals surface area contributed by atoms with Gasteiger partial charge in [0, 0.05) is 17.6 Å². The maximum Gasteiger partial charge on any atom is 0.229 e. The molecule has 94 valence electrons. The summed E-state index contributed by atoms with van der Waals surface area (Å²) in [6.07, 6.45) is 0. The first kappa shape index (κ1) is 13.7. The Balaban J connectivity index is 2.69. The van der Waals surface area contributed by atoms with Crippen molar-refractivity contribution in [3.8, 4) is 0 Å². The van der Waals surface area contributed by atoms with Crippen LogP contribution in [0.15, 0.2) is 24.3 Å². The van der Waals surface area contributed by atoms with Crippen LogP contribution in [0.3, 0.4) is 0 Å². The molecule has 1 aromatic carbocycles. The van der Waals surface area contributed by atoms with Gasteiger partial charge in [0.05, 0.1) is 0 Å². The van der Waals surface area contributed by atoms with Crippen LogP contribution in [-0.4, -0.2) is 12.5 Å². The predicted molar refractivity (Wildman–Crippen MR) is 71.9 cm³/mol. The Morgan fingerprint density at radius 2 is 2.00 bits per heavy atom. The summed E-state index contributed by atoms with van der Waals surface area (Å²) in [5, 5.41) is 6.19. The van der Waals surface area contributed by atoms with Crippen molar-refractivity contribution in [2.75, 3.05) is 11.9 Å². The monoisotopic (exact) mass is 234 g/mol. The topological polar surface area (TPSA) is 41.1 Å². The van der Waals surface area contributed by atoms with E-state index in [1.54, 1.807) is 0 Å². The number of carbonyl (C=O) groups is 1. The summed E-state index contributed by atoms with van der Waals surface area (Å²) in [5.74, 6) is 0.0399. The standard InChI is InChI=1S/C14H22N2O/c1-5-15-10-11-7-6-8-12(9-11)16-13(17)14(2,3)4/h6-9,15H,5,10H2,1-4H3,(H,16,17). The lowest BCUT2D eigenvalue weighted by atomic mass is 9.95. The third-order valence-electron chi connectivity index (χ3n) is 2.45. The van der Waals surface area contributed by atoms with Crippen molar-refractivity contribution in [3.05, 3.63) is 29.8 Å². The highest BCUT2D eigenvalue weighted by molar-refractivity contribution is 5.94. The van der Waals surface area contributed by atoms with E-state index in [4.69, 9.17) is 0 Å². The van der Waals surface area contributed by atoms with Crippen molar-refractivity contribution < 1.29 is 4.79 Å². The summed E-state index contributed by atoms with van der Waals surface area (Å²) in [4.78, 5) is 11.8. The van der Waals surface area contributed by atoms with Gasteiger partial charge in [0.15, 0.2) is 0 Å². The molecule has 0 aliphatic heterocycles. The van der Waals surface area contributed by atoms with Crippen LogP contribution in [0, 0.1) is 5.41 Å². The van der Waals surface area contributed by atoms with E-state index in [2.05, 4.69) is 23.6 Å². The molecule has 0 fully saturated rings. The molecule has 0 bridgehead atoms. The molecular weight excluding hydrogens is 212 g/mol. The quantitative estimate of drug-likeness (QED) is 0.841. The van der Waals surface area contributed by atoms with Gasteiger partial charge in [-0.05, 0) is 24.2 Å². The molecule has 0 unspecified atom stereocenters. The fourth-order valence-electron chi connectivity index (χ4n) is 1.35. The molecule has 0 radical (unpaired) electrons. The fourth-order valence-corrected chi connectivity index (χ4v) is 1.35. The Kier molecular flexibility index (Phi) is 4.70. The van der Waals surface area contributed by atoms with Gasteiger partial charge in [0.1, 0.15) is 0 Å². The van der Waals surface area contributed by atoms with Crippen LogP contribution in [0.2, 0.25) is 0 Å². The van der Waals surface area contributed by atoms with E-state index in [9.17, 15) is 4.79 Å². The second kappa shape index (κ2) is 5.82. The van der Waals surface area contributed by atoms with E-state index in [1.807, 2.05) is 39.0 Å². The zero-order chi connectivity index (χ0) is 12.9. The minimum atomic E-state index is -0.363. The second-order valence-corrected chi connectivity index (χ2v) is 5.18. The van der Waals surface area contributed by atoms with Crippen LogP contribution in [0.25, 0.3) is 0 Å². The molecule has 1 rings (SSSR count). The van der Waals surface area contributed by atoms with Crippen LogP contribution in [0.4, 0.5) is 5.69 Å². The Bertz CT molecular complexity index is 380. The number of hydrogen-bond acceptors (Lipinski definition) is 2. The lowest BCUT2D eigenvalue weighted by molar-refractivity contribution is -0.123. The smallest absolute Gasteiger partial charge is 0.229 e. The molecule has 0 heterocycles. The summed E-state index contributed by atoms with van der Waals surface area (Å²) in [6.45, 7) is 9.57. The molecule has 0 saturated heterocycles. The van der Waals surface area contributed by atoms with E-state index in [0.29, 0.717) is 0 Å². The van der Waals surface area contributed by atoms with E-state index in [1.165, 1.54) is 5.56 Å². The molecule has 3 nitrogen and oxygen atoms in total. The second-order valence-electron chi connectivity index (χ2n) is 5.18. The van der Waals surface area contributed by atoms with Gasteiger partial charge < -0.3 is 10.6 Å². The Labute approximate surface area is 104 Å². The van der Waals surface area contributed by atoms with Crippen LogP contribution in [0.1, 0.15) is 33.3 Å². The lowest BCUT2D eigenvalue weighted by Crippen LogP contribution is -2.27. The summed E-state index contributed by atoms with van der Waals surface area (Å²) >= 11 is 0. The van der Waals surface area contributed by atoms with Crippen LogP contribution in [-0.2, 0) is 11.3 Å². The van der Waals surface area contributed by atoms with Gasteiger partial charge in [-0.25, -0.2) is 0 Å². The summed E-state index contributed by atoms with van der Waals surface area (Å²) in [7, 11) is 0. The summed E-state index contributed by atoms with van der Waals surface area (Å²) in [5.41, 5.74) is 1.68. The molecule has 1 aromatic rings. The maximum atomic E-state index is 11.8. The molecule has 0 aromatic heterocycles. The van der Waals surface area contributed by atoms with E-state index >= 15 is 0 Å². The number of anilines is 1. The lowest BCUT2D eigenvalue weighted by Gasteiger charge is -2.18. The Hall–Kier alpha value is -1.35. The van der Waals surface area contributed by atoms with E-state index < -0.39 is 0 Å². The highest BCUT2D eigenvalue weighted by Gasteiger charge is 2.20. The van der Waals surface area contributed by atoms with Crippen molar-refractivity contribution in [1.82, 2.24) is 5.32 Å². The number of amides is 1. The number of benzene rings is 1. The molecular formula is C14H22N2O. The van der Waals surface area contributed by atoms with Crippen LogP contribution >= 0.6 is 0 Å². The highest BCUT2D eigenvalue weighted by Crippen LogP contribution is 2.18. The SMILES string of the molecule is CCNCc1cccc(NC(=O)C(C)(C)C)c1. The molecule has 17 heavy (non-hydrogen) atoms. The maximum absolute atomic E-state index is 11.8. The Morgan fingerprint density at radius 3 is 2.59 bits per heavy atom. The molecule has 0 spiro atoms. The third-order valence-corrected chi connectivity index (χ3v) is 2.45. The van der Waals surface area contributed by atoms with E-state index in [0.717, 1.165) is 18.8 Å².